The Labute approximate surface area is 153 Å². The van der Waals surface area contributed by atoms with Crippen molar-refractivity contribution < 1.29 is 12.8 Å². The summed E-state index contributed by atoms with van der Waals surface area (Å²) in [4.78, 5) is 0.153. The van der Waals surface area contributed by atoms with Crippen molar-refractivity contribution in [1.29, 1.82) is 0 Å². The number of benzene rings is 1. The molecular weight excluding hydrogens is 352 g/mol. The standard InChI is InChI=1S/C18H22N4O3S/c1-10-7-11(2)9-15(8-10)21-26(23,24)17-13(4)22(6)12(3)16(17)18-20-19-14(5)25-18/h7-9,21H,1-6H3. The number of hydrogen-bond donors (Lipinski definition) is 1. The molecule has 2 heterocycles. The van der Waals surface area contributed by atoms with Crippen molar-refractivity contribution >= 4 is 15.7 Å². The molecule has 3 rings (SSSR count). The molecule has 2 aromatic heterocycles. The van der Waals surface area contributed by atoms with Crippen molar-refractivity contribution in [1.82, 2.24) is 14.8 Å². The van der Waals surface area contributed by atoms with Crippen LogP contribution in [0.15, 0.2) is 27.5 Å². The third kappa shape index (κ3) is 3.12. The normalized spacial score (nSPS) is 11.8. The Balaban J connectivity index is 2.17. The molecule has 3 aromatic rings. The van der Waals surface area contributed by atoms with Crippen LogP contribution >= 0.6 is 0 Å². The average Bonchev–Trinajstić information content (AvgIpc) is 3.03. The van der Waals surface area contributed by atoms with Crippen LogP contribution in [0.1, 0.15) is 28.4 Å². The fraction of sp³-hybridized carbons (Fsp3) is 0.333. The molecule has 7 nitrogen and oxygen atoms in total. The summed E-state index contributed by atoms with van der Waals surface area (Å²) in [5.74, 6) is 0.580. The van der Waals surface area contributed by atoms with Crippen LogP contribution in [-0.4, -0.2) is 23.2 Å². The molecular formula is C18H22N4O3S. The fourth-order valence-corrected chi connectivity index (χ4v) is 4.69. The van der Waals surface area contributed by atoms with E-state index in [0.29, 0.717) is 22.8 Å². The van der Waals surface area contributed by atoms with Crippen LogP contribution < -0.4 is 4.72 Å². The Morgan fingerprint density at radius 1 is 0.962 bits per heavy atom. The summed E-state index contributed by atoms with van der Waals surface area (Å²) in [6.45, 7) is 9.11. The van der Waals surface area contributed by atoms with Crippen LogP contribution in [0.2, 0.25) is 0 Å². The van der Waals surface area contributed by atoms with Crippen molar-refractivity contribution in [3.63, 3.8) is 0 Å². The van der Waals surface area contributed by atoms with Gasteiger partial charge in [0.05, 0.1) is 5.56 Å². The molecule has 1 aromatic carbocycles. The second-order valence-corrected chi connectivity index (χ2v) is 8.16. The molecule has 26 heavy (non-hydrogen) atoms. The van der Waals surface area contributed by atoms with Gasteiger partial charge < -0.3 is 8.98 Å². The third-order valence-corrected chi connectivity index (χ3v) is 5.95. The first kappa shape index (κ1) is 18.2. The highest BCUT2D eigenvalue weighted by Gasteiger charge is 2.30. The van der Waals surface area contributed by atoms with Gasteiger partial charge in [0.25, 0.3) is 15.9 Å². The van der Waals surface area contributed by atoms with E-state index in [4.69, 9.17) is 4.42 Å². The summed E-state index contributed by atoms with van der Waals surface area (Å²) in [5.41, 5.74) is 4.27. The molecule has 0 amide bonds. The number of aromatic nitrogens is 3. The van der Waals surface area contributed by atoms with Gasteiger partial charge in [0, 0.05) is 31.0 Å². The smallest absolute Gasteiger partial charge is 0.264 e. The SMILES string of the molecule is Cc1cc(C)cc(NS(=O)(=O)c2c(-c3nnc(C)o3)c(C)n(C)c2C)c1. The maximum absolute atomic E-state index is 13.2. The molecule has 138 valence electrons. The number of anilines is 1. The fourth-order valence-electron chi connectivity index (χ4n) is 3.13. The maximum atomic E-state index is 13.2. The van der Waals surface area contributed by atoms with E-state index in [1.807, 2.05) is 38.5 Å². The highest BCUT2D eigenvalue weighted by atomic mass is 32.2. The molecule has 0 aliphatic carbocycles. The van der Waals surface area contributed by atoms with E-state index in [1.54, 1.807) is 26.0 Å². The molecule has 0 radical (unpaired) electrons. The summed E-state index contributed by atoms with van der Waals surface area (Å²) in [6.07, 6.45) is 0. The summed E-state index contributed by atoms with van der Waals surface area (Å²) < 4.78 is 36.4. The third-order valence-electron chi connectivity index (χ3n) is 4.41. The maximum Gasteiger partial charge on any atom is 0.264 e. The number of sulfonamides is 1. The molecule has 0 unspecified atom stereocenters. The second-order valence-electron chi connectivity index (χ2n) is 6.54. The summed E-state index contributed by atoms with van der Waals surface area (Å²) in [6, 6.07) is 5.58. The van der Waals surface area contributed by atoms with Gasteiger partial charge in [0.15, 0.2) is 0 Å². The number of nitrogens with one attached hydrogen (secondary N) is 1. The first-order chi connectivity index (χ1) is 12.1. The summed E-state index contributed by atoms with van der Waals surface area (Å²) >= 11 is 0. The lowest BCUT2D eigenvalue weighted by Crippen LogP contribution is -2.15. The first-order valence-electron chi connectivity index (χ1n) is 8.17. The van der Waals surface area contributed by atoms with E-state index < -0.39 is 10.0 Å². The van der Waals surface area contributed by atoms with Gasteiger partial charge in [-0.25, -0.2) is 8.42 Å². The van der Waals surface area contributed by atoms with Crippen LogP contribution in [0.4, 0.5) is 5.69 Å². The second kappa shape index (κ2) is 6.28. The highest BCUT2D eigenvalue weighted by molar-refractivity contribution is 7.93. The number of hydrogen-bond acceptors (Lipinski definition) is 5. The van der Waals surface area contributed by atoms with Gasteiger partial charge in [-0.3, -0.25) is 4.72 Å². The minimum Gasteiger partial charge on any atom is -0.421 e. The molecule has 0 fully saturated rings. The van der Waals surface area contributed by atoms with Crippen LogP contribution in [0.25, 0.3) is 11.5 Å². The van der Waals surface area contributed by atoms with Crippen LogP contribution in [-0.2, 0) is 17.1 Å². The van der Waals surface area contributed by atoms with E-state index >= 15 is 0 Å². The van der Waals surface area contributed by atoms with Crippen LogP contribution in [0.5, 0.6) is 0 Å². The zero-order chi connectivity index (χ0) is 19.2. The highest BCUT2D eigenvalue weighted by Crippen LogP contribution is 2.35. The largest absolute Gasteiger partial charge is 0.421 e. The Morgan fingerprint density at radius 2 is 1.58 bits per heavy atom. The molecule has 0 saturated carbocycles. The van der Waals surface area contributed by atoms with E-state index in [9.17, 15) is 8.42 Å². The van der Waals surface area contributed by atoms with Crippen molar-refractivity contribution in [2.75, 3.05) is 4.72 Å². The van der Waals surface area contributed by atoms with Gasteiger partial charge >= 0.3 is 0 Å². The molecule has 0 atom stereocenters. The molecule has 0 aliphatic heterocycles. The van der Waals surface area contributed by atoms with E-state index in [2.05, 4.69) is 14.9 Å². The van der Waals surface area contributed by atoms with Crippen molar-refractivity contribution in [2.45, 2.75) is 39.5 Å². The van der Waals surface area contributed by atoms with Gasteiger partial charge in [-0.1, -0.05) is 6.07 Å². The quantitative estimate of drug-likeness (QED) is 0.756. The Kier molecular flexibility index (Phi) is 4.39. The van der Waals surface area contributed by atoms with Crippen LogP contribution in [0.3, 0.4) is 0 Å². The summed E-state index contributed by atoms with van der Waals surface area (Å²) in [5, 5.41) is 7.85. The van der Waals surface area contributed by atoms with Gasteiger partial charge in [-0.2, -0.15) is 0 Å². The minimum absolute atomic E-state index is 0.153. The van der Waals surface area contributed by atoms with Gasteiger partial charge in [-0.15, -0.1) is 10.2 Å². The molecule has 8 heteroatoms. The van der Waals surface area contributed by atoms with E-state index in [0.717, 1.165) is 16.8 Å². The molecule has 0 saturated heterocycles. The number of rotatable bonds is 4. The van der Waals surface area contributed by atoms with Gasteiger partial charge in [0.2, 0.25) is 5.89 Å². The predicted molar refractivity (Wildman–Crippen MR) is 99.6 cm³/mol. The first-order valence-corrected chi connectivity index (χ1v) is 9.66. The number of aryl methyl sites for hydroxylation is 3. The van der Waals surface area contributed by atoms with Crippen molar-refractivity contribution in [3.8, 4) is 11.5 Å². The van der Waals surface area contributed by atoms with E-state index in [-0.39, 0.29) is 10.8 Å². The lowest BCUT2D eigenvalue weighted by Gasteiger charge is -2.11. The molecule has 0 aliphatic rings. The minimum atomic E-state index is -3.85. The van der Waals surface area contributed by atoms with Gasteiger partial charge in [-0.05, 0) is 51.0 Å². The zero-order valence-corrected chi connectivity index (χ0v) is 16.5. The molecule has 0 spiro atoms. The average molecular weight is 374 g/mol. The number of nitrogens with zero attached hydrogens (tertiary/aromatic N) is 3. The molecule has 0 bridgehead atoms. The van der Waals surface area contributed by atoms with Gasteiger partial charge in [0.1, 0.15) is 4.90 Å². The predicted octanol–water partition coefficient (Wildman–Crippen LogP) is 3.42. The van der Waals surface area contributed by atoms with Crippen molar-refractivity contribution in [2.24, 2.45) is 7.05 Å². The van der Waals surface area contributed by atoms with E-state index in [1.165, 1.54) is 0 Å². The van der Waals surface area contributed by atoms with Crippen molar-refractivity contribution in [3.05, 3.63) is 46.6 Å². The lowest BCUT2D eigenvalue weighted by atomic mass is 10.1. The van der Waals surface area contributed by atoms with Crippen LogP contribution in [0, 0.1) is 34.6 Å². The Hall–Kier alpha value is -2.61. The topological polar surface area (TPSA) is 90.0 Å². The Morgan fingerprint density at radius 3 is 2.12 bits per heavy atom. The summed E-state index contributed by atoms with van der Waals surface area (Å²) in [7, 11) is -2.03. The lowest BCUT2D eigenvalue weighted by molar-refractivity contribution is 0.530. The monoisotopic (exact) mass is 374 g/mol. The molecule has 1 N–H and O–H groups in total. The Bertz CT molecular complexity index is 1070. The zero-order valence-electron chi connectivity index (χ0n) is 15.7.